The molecule has 1 saturated carbocycles. The van der Waals surface area contributed by atoms with Crippen molar-refractivity contribution in [2.24, 2.45) is 11.7 Å². The maximum absolute atomic E-state index is 11.1. The Morgan fingerprint density at radius 3 is 2.67 bits per heavy atom. The van der Waals surface area contributed by atoms with E-state index >= 15 is 0 Å². The predicted molar refractivity (Wildman–Crippen MR) is 65.3 cm³/mol. The molecule has 0 spiro atoms. The lowest BCUT2D eigenvalue weighted by Gasteiger charge is -2.15. The molecule has 1 amide bonds. The van der Waals surface area contributed by atoms with E-state index in [0.717, 1.165) is 12.8 Å². The van der Waals surface area contributed by atoms with Gasteiger partial charge in [0, 0.05) is 11.3 Å². The van der Waals surface area contributed by atoms with Gasteiger partial charge in [-0.1, -0.05) is 0 Å². The first-order chi connectivity index (χ1) is 8.47. The number of hydrogen-bond acceptors (Lipinski definition) is 4. The first-order valence-corrected chi connectivity index (χ1v) is 5.75. The highest BCUT2D eigenvalue weighted by atomic mass is 16.4. The Balaban J connectivity index is 2.22. The fraction of sp³-hybridized carbons (Fsp3) is 0.417. The SMILES string of the molecule is Cc1cc(C(N)=O)cc(NC(C(=O)O)C2CC2)n1. The molecule has 96 valence electrons. The standard InChI is InChI=1S/C12H15N3O3/c1-6-4-8(11(13)16)5-9(14-6)15-10(12(17)18)7-2-3-7/h4-5,7,10H,2-3H2,1H3,(H2,13,16)(H,14,15)(H,17,18). The van der Waals surface area contributed by atoms with E-state index in [1.54, 1.807) is 13.0 Å². The summed E-state index contributed by atoms with van der Waals surface area (Å²) in [5.74, 6) is -0.937. The van der Waals surface area contributed by atoms with Gasteiger partial charge in [-0.2, -0.15) is 0 Å². The largest absolute Gasteiger partial charge is 0.480 e. The highest BCUT2D eigenvalue weighted by Crippen LogP contribution is 2.34. The third-order valence-corrected chi connectivity index (χ3v) is 2.90. The third kappa shape index (κ3) is 2.77. The van der Waals surface area contributed by atoms with Gasteiger partial charge in [0.15, 0.2) is 0 Å². The van der Waals surface area contributed by atoms with Crippen LogP contribution in [0.1, 0.15) is 28.9 Å². The number of amides is 1. The molecular formula is C12H15N3O3. The van der Waals surface area contributed by atoms with E-state index < -0.39 is 17.9 Å². The summed E-state index contributed by atoms with van der Waals surface area (Å²) < 4.78 is 0. The lowest BCUT2D eigenvalue weighted by Crippen LogP contribution is -2.32. The maximum atomic E-state index is 11.1. The van der Waals surface area contributed by atoms with Crippen molar-refractivity contribution in [3.63, 3.8) is 0 Å². The maximum Gasteiger partial charge on any atom is 0.326 e. The summed E-state index contributed by atoms with van der Waals surface area (Å²) in [6.45, 7) is 1.73. The summed E-state index contributed by atoms with van der Waals surface area (Å²) in [5.41, 5.74) is 6.15. The molecule has 0 bridgehead atoms. The van der Waals surface area contributed by atoms with E-state index in [0.29, 0.717) is 17.1 Å². The molecule has 0 aliphatic heterocycles. The fourth-order valence-corrected chi connectivity index (χ4v) is 1.85. The van der Waals surface area contributed by atoms with E-state index in [1.165, 1.54) is 6.07 Å². The zero-order valence-electron chi connectivity index (χ0n) is 10.0. The number of nitrogens with two attached hydrogens (primary N) is 1. The number of carbonyl (C=O) groups excluding carboxylic acids is 1. The van der Waals surface area contributed by atoms with Crippen molar-refractivity contribution < 1.29 is 14.7 Å². The molecular weight excluding hydrogens is 234 g/mol. The van der Waals surface area contributed by atoms with Gasteiger partial charge in [0.1, 0.15) is 11.9 Å². The van der Waals surface area contributed by atoms with Gasteiger partial charge in [0.05, 0.1) is 0 Å². The first kappa shape index (κ1) is 12.3. The Labute approximate surface area is 104 Å². The first-order valence-electron chi connectivity index (χ1n) is 5.75. The summed E-state index contributed by atoms with van der Waals surface area (Å²) in [6, 6.07) is 2.40. The molecule has 0 aromatic carbocycles. The third-order valence-electron chi connectivity index (χ3n) is 2.90. The van der Waals surface area contributed by atoms with Gasteiger partial charge in [-0.05, 0) is 37.8 Å². The van der Waals surface area contributed by atoms with Crippen LogP contribution in [0.4, 0.5) is 5.82 Å². The highest BCUT2D eigenvalue weighted by molar-refractivity contribution is 5.93. The van der Waals surface area contributed by atoms with Crippen LogP contribution >= 0.6 is 0 Å². The number of carboxylic acids is 1. The topological polar surface area (TPSA) is 105 Å². The molecule has 1 aromatic heterocycles. The molecule has 1 aromatic rings. The average molecular weight is 249 g/mol. The Kier molecular flexibility index (Phi) is 3.18. The molecule has 0 saturated heterocycles. The normalized spacial score (nSPS) is 16.1. The fourth-order valence-electron chi connectivity index (χ4n) is 1.85. The summed E-state index contributed by atoms with van der Waals surface area (Å²) in [7, 11) is 0. The van der Waals surface area contributed by atoms with E-state index in [2.05, 4.69) is 10.3 Å². The molecule has 18 heavy (non-hydrogen) atoms. The minimum atomic E-state index is -0.901. The smallest absolute Gasteiger partial charge is 0.326 e. The minimum Gasteiger partial charge on any atom is -0.480 e. The number of hydrogen-bond donors (Lipinski definition) is 3. The molecule has 6 nitrogen and oxygen atoms in total. The van der Waals surface area contributed by atoms with Gasteiger partial charge in [-0.3, -0.25) is 4.79 Å². The van der Waals surface area contributed by atoms with Crippen molar-refractivity contribution in [1.29, 1.82) is 0 Å². The molecule has 0 radical (unpaired) electrons. The van der Waals surface area contributed by atoms with Crippen molar-refractivity contribution in [3.8, 4) is 0 Å². The summed E-state index contributed by atoms with van der Waals surface area (Å²) in [4.78, 5) is 26.4. The van der Waals surface area contributed by atoms with E-state index in [1.807, 2.05) is 0 Å². The van der Waals surface area contributed by atoms with Gasteiger partial charge in [-0.25, -0.2) is 9.78 Å². The second kappa shape index (κ2) is 4.64. The lowest BCUT2D eigenvalue weighted by molar-refractivity contribution is -0.138. The Morgan fingerprint density at radius 2 is 2.17 bits per heavy atom. The van der Waals surface area contributed by atoms with Crippen LogP contribution in [0.2, 0.25) is 0 Å². The highest BCUT2D eigenvalue weighted by Gasteiger charge is 2.36. The molecule has 1 aliphatic rings. The van der Waals surface area contributed by atoms with Crippen LogP contribution in [0.15, 0.2) is 12.1 Å². The second-order valence-corrected chi connectivity index (χ2v) is 4.54. The Hall–Kier alpha value is -2.11. The molecule has 1 atom stereocenters. The van der Waals surface area contributed by atoms with E-state index in [4.69, 9.17) is 10.8 Å². The zero-order chi connectivity index (χ0) is 13.3. The van der Waals surface area contributed by atoms with Crippen LogP contribution in [-0.4, -0.2) is 28.0 Å². The molecule has 1 aliphatic carbocycles. The monoisotopic (exact) mass is 249 g/mol. The minimum absolute atomic E-state index is 0.141. The quantitative estimate of drug-likeness (QED) is 0.714. The van der Waals surface area contributed by atoms with Crippen molar-refractivity contribution in [2.75, 3.05) is 5.32 Å². The number of anilines is 1. The number of nitrogens with one attached hydrogen (secondary N) is 1. The average Bonchev–Trinajstić information content (AvgIpc) is 3.08. The Morgan fingerprint density at radius 1 is 1.50 bits per heavy atom. The predicted octanol–water partition coefficient (Wildman–Crippen LogP) is 0.764. The van der Waals surface area contributed by atoms with Gasteiger partial charge in [-0.15, -0.1) is 0 Å². The van der Waals surface area contributed by atoms with Crippen molar-refractivity contribution >= 4 is 17.7 Å². The van der Waals surface area contributed by atoms with E-state index in [-0.39, 0.29) is 5.92 Å². The number of pyridine rings is 1. The van der Waals surface area contributed by atoms with Gasteiger partial charge >= 0.3 is 5.97 Å². The van der Waals surface area contributed by atoms with Crippen molar-refractivity contribution in [3.05, 3.63) is 23.4 Å². The summed E-state index contributed by atoms with van der Waals surface area (Å²) in [6.07, 6.45) is 1.80. The Bertz CT molecular complexity index is 497. The van der Waals surface area contributed by atoms with Crippen molar-refractivity contribution in [2.45, 2.75) is 25.8 Å². The number of aliphatic carboxylic acids is 1. The summed E-state index contributed by atoms with van der Waals surface area (Å²) in [5, 5.41) is 12.0. The number of primary amides is 1. The van der Waals surface area contributed by atoms with Gasteiger partial charge in [0.2, 0.25) is 5.91 Å². The molecule has 4 N–H and O–H groups in total. The molecule has 1 heterocycles. The van der Waals surface area contributed by atoms with Crippen molar-refractivity contribution in [1.82, 2.24) is 4.98 Å². The number of rotatable bonds is 5. The lowest BCUT2D eigenvalue weighted by atomic mass is 10.1. The summed E-state index contributed by atoms with van der Waals surface area (Å²) >= 11 is 0. The van der Waals surface area contributed by atoms with Gasteiger partial charge < -0.3 is 16.2 Å². The second-order valence-electron chi connectivity index (χ2n) is 4.54. The number of carboxylic acid groups (broad SMARTS) is 1. The molecule has 1 fully saturated rings. The number of nitrogens with zero attached hydrogens (tertiary/aromatic N) is 1. The molecule has 6 heteroatoms. The molecule has 2 rings (SSSR count). The number of carbonyl (C=O) groups is 2. The van der Waals surface area contributed by atoms with Gasteiger partial charge in [0.25, 0.3) is 0 Å². The van der Waals surface area contributed by atoms with Crippen LogP contribution < -0.4 is 11.1 Å². The van der Waals surface area contributed by atoms with Crippen LogP contribution in [0.5, 0.6) is 0 Å². The number of aromatic nitrogens is 1. The van der Waals surface area contributed by atoms with Crippen LogP contribution in [0, 0.1) is 12.8 Å². The van der Waals surface area contributed by atoms with Crippen LogP contribution in [0.25, 0.3) is 0 Å². The zero-order valence-corrected chi connectivity index (χ0v) is 10.0. The molecule has 1 unspecified atom stereocenters. The van der Waals surface area contributed by atoms with Crippen LogP contribution in [0.3, 0.4) is 0 Å². The van der Waals surface area contributed by atoms with E-state index in [9.17, 15) is 9.59 Å². The van der Waals surface area contributed by atoms with Crippen LogP contribution in [-0.2, 0) is 4.79 Å². The number of aryl methyl sites for hydroxylation is 1.